The van der Waals surface area contributed by atoms with Gasteiger partial charge in [0, 0.05) is 11.0 Å². The molecule has 0 saturated heterocycles. The Labute approximate surface area is 159 Å². The molecule has 0 fully saturated rings. The van der Waals surface area contributed by atoms with Crippen molar-refractivity contribution in [1.29, 1.82) is 0 Å². The molecule has 0 amide bonds. The molecule has 1 N–H and O–H groups in total. The SMILES string of the molecule is C=C(C)C(=O)OCOC(=O)c1ccc(NS(=C)(=O)C(F)(F)F)c2ccccc12. The topological polar surface area (TPSA) is 81.7 Å². The lowest BCUT2D eigenvalue weighted by Gasteiger charge is -2.17. The molecular weight excluding hydrogens is 399 g/mol. The lowest BCUT2D eigenvalue weighted by atomic mass is 10.0. The van der Waals surface area contributed by atoms with E-state index in [2.05, 4.69) is 17.2 Å². The molecule has 1 unspecified atom stereocenters. The lowest BCUT2D eigenvalue weighted by Crippen LogP contribution is -2.29. The smallest absolute Gasteiger partial charge is 0.425 e. The molecule has 0 aliphatic carbocycles. The number of hydrogen-bond acceptors (Lipinski definition) is 5. The fourth-order valence-electron chi connectivity index (χ4n) is 2.14. The number of halogens is 3. The van der Waals surface area contributed by atoms with Crippen LogP contribution in [0.5, 0.6) is 0 Å². The van der Waals surface area contributed by atoms with E-state index >= 15 is 0 Å². The summed E-state index contributed by atoms with van der Waals surface area (Å²) in [6.07, 6.45) is 0. The maximum absolute atomic E-state index is 12.9. The van der Waals surface area contributed by atoms with Crippen molar-refractivity contribution in [2.75, 3.05) is 11.5 Å². The van der Waals surface area contributed by atoms with Gasteiger partial charge in [0.25, 0.3) is 0 Å². The zero-order valence-corrected chi connectivity index (χ0v) is 15.5. The number of benzene rings is 2. The van der Waals surface area contributed by atoms with Gasteiger partial charge in [0.05, 0.1) is 11.3 Å². The standard InChI is InChI=1S/C18H16F3NO5S/c1-11(2)16(23)26-10-27-17(24)14-8-9-15(13-7-5-4-6-12(13)14)22-28(3,25)18(19,20)21/h4-9H,1,3,10H2,2H3,(H,22,25). The second kappa shape index (κ2) is 7.93. The number of alkyl halides is 3. The highest BCUT2D eigenvalue weighted by Crippen LogP contribution is 2.31. The number of rotatable bonds is 6. The highest BCUT2D eigenvalue weighted by molar-refractivity contribution is 8.02. The quantitative estimate of drug-likeness (QED) is 0.337. The first-order valence-corrected chi connectivity index (χ1v) is 9.39. The molecule has 0 bridgehead atoms. The third kappa shape index (κ3) is 4.63. The van der Waals surface area contributed by atoms with Crippen LogP contribution in [0.1, 0.15) is 17.3 Å². The highest BCUT2D eigenvalue weighted by atomic mass is 32.2. The zero-order valence-electron chi connectivity index (χ0n) is 14.7. The molecule has 2 aromatic carbocycles. The Morgan fingerprint density at radius 3 is 2.29 bits per heavy atom. The van der Waals surface area contributed by atoms with Gasteiger partial charge in [-0.2, -0.15) is 13.2 Å². The summed E-state index contributed by atoms with van der Waals surface area (Å²) in [6.45, 7) is 4.15. The molecule has 6 nitrogen and oxygen atoms in total. The first-order chi connectivity index (χ1) is 12.9. The minimum absolute atomic E-state index is 0.0232. The Kier molecular flexibility index (Phi) is 6.03. The Hall–Kier alpha value is -3.01. The normalized spacial score (nSPS) is 13.4. The second-order valence-electron chi connectivity index (χ2n) is 5.69. The third-order valence-corrected chi connectivity index (χ3v) is 4.82. The predicted octanol–water partition coefficient (Wildman–Crippen LogP) is 3.64. The van der Waals surface area contributed by atoms with Gasteiger partial charge in [0.15, 0.2) is 0 Å². The molecule has 0 aliphatic heterocycles. The van der Waals surface area contributed by atoms with Crippen molar-refractivity contribution in [1.82, 2.24) is 0 Å². The summed E-state index contributed by atoms with van der Waals surface area (Å²) in [6, 6.07) is 8.40. The first-order valence-electron chi connectivity index (χ1n) is 7.67. The lowest BCUT2D eigenvalue weighted by molar-refractivity contribution is -0.147. The van der Waals surface area contributed by atoms with Crippen LogP contribution in [-0.2, 0) is 24.0 Å². The van der Waals surface area contributed by atoms with E-state index in [0.717, 1.165) is 6.07 Å². The summed E-state index contributed by atoms with van der Waals surface area (Å²) in [4.78, 5) is 23.5. The molecule has 0 radical (unpaired) electrons. The summed E-state index contributed by atoms with van der Waals surface area (Å²) >= 11 is 0. The number of nitrogens with one attached hydrogen (secondary N) is 1. The van der Waals surface area contributed by atoms with Crippen molar-refractivity contribution in [2.45, 2.75) is 12.4 Å². The molecular formula is C18H16F3NO5S. The summed E-state index contributed by atoms with van der Waals surface area (Å²) in [5.74, 6) is 1.12. The summed E-state index contributed by atoms with van der Waals surface area (Å²) in [5.41, 5.74) is -5.02. The van der Waals surface area contributed by atoms with Gasteiger partial charge in [0.1, 0.15) is 9.71 Å². The van der Waals surface area contributed by atoms with Gasteiger partial charge in [-0.1, -0.05) is 30.8 Å². The average molecular weight is 415 g/mol. The molecule has 0 aliphatic rings. The minimum atomic E-state index is -5.06. The van der Waals surface area contributed by atoms with Gasteiger partial charge in [-0.15, -0.1) is 0 Å². The van der Waals surface area contributed by atoms with Crippen molar-refractivity contribution in [3.8, 4) is 0 Å². The number of ether oxygens (including phenoxy) is 2. The van der Waals surface area contributed by atoms with Crippen LogP contribution in [0.2, 0.25) is 0 Å². The number of anilines is 1. The number of carbonyl (C=O) groups excluding carboxylic acids is 2. The van der Waals surface area contributed by atoms with Crippen LogP contribution in [0, 0.1) is 0 Å². The van der Waals surface area contributed by atoms with Crippen molar-refractivity contribution in [3.63, 3.8) is 0 Å². The average Bonchev–Trinajstić information content (AvgIpc) is 2.60. The molecule has 0 saturated carbocycles. The second-order valence-corrected chi connectivity index (χ2v) is 7.71. The largest absolute Gasteiger partial charge is 0.481 e. The van der Waals surface area contributed by atoms with E-state index in [-0.39, 0.29) is 27.6 Å². The Morgan fingerprint density at radius 2 is 1.71 bits per heavy atom. The molecule has 28 heavy (non-hydrogen) atoms. The molecule has 10 heteroatoms. The van der Waals surface area contributed by atoms with Crippen molar-refractivity contribution < 1.29 is 36.4 Å². The molecule has 0 spiro atoms. The highest BCUT2D eigenvalue weighted by Gasteiger charge is 2.40. The van der Waals surface area contributed by atoms with Crippen LogP contribution >= 0.6 is 0 Å². The van der Waals surface area contributed by atoms with Gasteiger partial charge in [0.2, 0.25) is 6.79 Å². The molecule has 0 aromatic heterocycles. The van der Waals surface area contributed by atoms with Gasteiger partial charge in [-0.05, 0) is 30.3 Å². The minimum Gasteiger partial charge on any atom is -0.425 e. The van der Waals surface area contributed by atoms with Crippen LogP contribution in [0.25, 0.3) is 10.8 Å². The van der Waals surface area contributed by atoms with E-state index < -0.39 is 33.9 Å². The van der Waals surface area contributed by atoms with Crippen molar-refractivity contribution in [2.24, 2.45) is 0 Å². The van der Waals surface area contributed by atoms with E-state index in [0.29, 0.717) is 0 Å². The zero-order chi connectivity index (χ0) is 21.1. The maximum Gasteiger partial charge on any atom is 0.481 e. The Morgan fingerprint density at radius 1 is 1.11 bits per heavy atom. The number of hydrogen-bond donors (Lipinski definition) is 1. The molecule has 2 rings (SSSR count). The Bertz CT molecular complexity index is 1040. The maximum atomic E-state index is 12.9. The van der Waals surface area contributed by atoms with Crippen LogP contribution < -0.4 is 4.72 Å². The van der Waals surface area contributed by atoms with Crippen molar-refractivity contribution >= 4 is 44.0 Å². The number of fused-ring (bicyclic) bond motifs is 1. The predicted molar refractivity (Wildman–Crippen MR) is 100 cm³/mol. The summed E-state index contributed by atoms with van der Waals surface area (Å²) in [5, 5.41) is 0.456. The van der Waals surface area contributed by atoms with Gasteiger partial charge < -0.3 is 14.2 Å². The fourth-order valence-corrected chi connectivity index (χ4v) is 2.79. The van der Waals surface area contributed by atoms with Crippen LogP contribution in [-0.4, -0.2) is 34.3 Å². The van der Waals surface area contributed by atoms with E-state index in [4.69, 9.17) is 4.74 Å². The van der Waals surface area contributed by atoms with Crippen LogP contribution in [0.15, 0.2) is 48.6 Å². The van der Waals surface area contributed by atoms with E-state index in [1.807, 2.05) is 4.72 Å². The first kappa shape index (κ1) is 21.3. The van der Waals surface area contributed by atoms with E-state index in [1.165, 1.54) is 31.2 Å². The van der Waals surface area contributed by atoms with E-state index in [9.17, 15) is 27.0 Å². The molecule has 0 heterocycles. The summed E-state index contributed by atoms with van der Waals surface area (Å²) in [7, 11) is -4.64. The monoisotopic (exact) mass is 415 g/mol. The van der Waals surface area contributed by atoms with Gasteiger partial charge >= 0.3 is 17.4 Å². The third-order valence-electron chi connectivity index (χ3n) is 3.52. The van der Waals surface area contributed by atoms with Gasteiger partial charge in [-0.3, -0.25) is 0 Å². The fraction of sp³-hybridized carbons (Fsp3) is 0.167. The summed E-state index contributed by atoms with van der Waals surface area (Å²) < 4.78 is 61.8. The van der Waals surface area contributed by atoms with Crippen LogP contribution in [0.4, 0.5) is 18.9 Å². The Balaban J connectivity index is 2.32. The number of carbonyl (C=O) groups is 2. The van der Waals surface area contributed by atoms with Gasteiger partial charge in [-0.25, -0.2) is 13.8 Å². The molecule has 1 atom stereocenters. The molecule has 150 valence electrons. The number of esters is 2. The van der Waals surface area contributed by atoms with E-state index in [1.54, 1.807) is 6.07 Å². The van der Waals surface area contributed by atoms with Crippen molar-refractivity contribution in [3.05, 3.63) is 54.1 Å². The molecule has 2 aromatic rings. The van der Waals surface area contributed by atoms with Crippen LogP contribution in [0.3, 0.4) is 0 Å².